The number of allylic oxidation sites excluding steroid dienone is 1. The minimum Gasteiger partial charge on any atom is -0.0649 e. The fraction of sp³-hybridized carbons (Fsp3) is 0.417. The molecular formula is C24H28Zr. The van der Waals surface area contributed by atoms with Crippen LogP contribution >= 0.6 is 0 Å². The average Bonchev–Trinajstić information content (AvgIpc) is 2.97. The van der Waals surface area contributed by atoms with Crippen molar-refractivity contribution in [2.24, 2.45) is 5.92 Å². The summed E-state index contributed by atoms with van der Waals surface area (Å²) in [4.78, 5) is 0. The molecule has 128 valence electrons. The topological polar surface area (TPSA) is 0 Å². The number of rotatable bonds is 3. The summed E-state index contributed by atoms with van der Waals surface area (Å²) in [7, 11) is 0. The van der Waals surface area contributed by atoms with Crippen molar-refractivity contribution in [3.8, 4) is 11.1 Å². The fourth-order valence-corrected chi connectivity index (χ4v) is 4.71. The van der Waals surface area contributed by atoms with Gasteiger partial charge in [-0.25, -0.2) is 0 Å². The standard InChI is InChI=1S/C24H28.Zr/c1-17-11-18(2)13-22(12-17)23-10-6-9-21-15-20(16-24(21)23)14-19-7-4-3-5-8-19;/h6,9-13,16,19H,3-5,7-8,14-15H2,1-2H3;. The zero-order valence-corrected chi connectivity index (χ0v) is 18.0. The van der Waals surface area contributed by atoms with Crippen LogP contribution in [0.2, 0.25) is 0 Å². The molecule has 2 aromatic carbocycles. The first kappa shape index (κ1) is 18.8. The summed E-state index contributed by atoms with van der Waals surface area (Å²) in [5.41, 5.74) is 10.2. The van der Waals surface area contributed by atoms with Gasteiger partial charge in [0.2, 0.25) is 0 Å². The van der Waals surface area contributed by atoms with E-state index in [9.17, 15) is 0 Å². The summed E-state index contributed by atoms with van der Waals surface area (Å²) in [6.07, 6.45) is 12.2. The van der Waals surface area contributed by atoms with Gasteiger partial charge in [-0.2, -0.15) is 0 Å². The van der Waals surface area contributed by atoms with Crippen LogP contribution in [0.4, 0.5) is 0 Å². The molecule has 0 unspecified atom stereocenters. The van der Waals surface area contributed by atoms with Gasteiger partial charge >= 0.3 is 0 Å². The van der Waals surface area contributed by atoms with Gasteiger partial charge in [-0.15, -0.1) is 0 Å². The molecule has 0 N–H and O–H groups in total. The molecular weight excluding hydrogens is 379 g/mol. The van der Waals surface area contributed by atoms with Crippen LogP contribution in [0.15, 0.2) is 42.0 Å². The Morgan fingerprint density at radius 1 is 0.920 bits per heavy atom. The summed E-state index contributed by atoms with van der Waals surface area (Å²) in [6.45, 7) is 4.40. The molecule has 2 aliphatic rings. The molecule has 0 heterocycles. The molecule has 0 saturated heterocycles. The summed E-state index contributed by atoms with van der Waals surface area (Å²) in [6, 6.07) is 13.8. The average molecular weight is 408 g/mol. The predicted molar refractivity (Wildman–Crippen MR) is 104 cm³/mol. The molecule has 4 rings (SSSR count). The van der Waals surface area contributed by atoms with Crippen molar-refractivity contribution in [2.75, 3.05) is 0 Å². The minimum atomic E-state index is 0. The first-order valence-corrected chi connectivity index (χ1v) is 9.59. The van der Waals surface area contributed by atoms with E-state index in [0.29, 0.717) is 0 Å². The quantitative estimate of drug-likeness (QED) is 0.520. The Kier molecular flexibility index (Phi) is 6.16. The molecule has 1 fully saturated rings. The smallest absolute Gasteiger partial charge is 0 e. The van der Waals surface area contributed by atoms with Crippen molar-refractivity contribution in [1.29, 1.82) is 0 Å². The van der Waals surface area contributed by atoms with E-state index in [1.54, 1.807) is 5.57 Å². The van der Waals surface area contributed by atoms with Crippen LogP contribution in [-0.4, -0.2) is 0 Å². The summed E-state index contributed by atoms with van der Waals surface area (Å²) in [5.74, 6) is 0.934. The second kappa shape index (κ2) is 8.17. The number of benzene rings is 2. The van der Waals surface area contributed by atoms with Crippen molar-refractivity contribution in [1.82, 2.24) is 0 Å². The summed E-state index contributed by atoms with van der Waals surface area (Å²) in [5, 5.41) is 0. The van der Waals surface area contributed by atoms with E-state index in [2.05, 4.69) is 56.3 Å². The molecule has 0 aliphatic heterocycles. The third-order valence-corrected chi connectivity index (χ3v) is 5.77. The van der Waals surface area contributed by atoms with E-state index >= 15 is 0 Å². The van der Waals surface area contributed by atoms with Gasteiger partial charge in [0.1, 0.15) is 0 Å². The molecule has 0 atom stereocenters. The maximum absolute atomic E-state index is 2.51. The molecule has 0 spiro atoms. The third kappa shape index (κ3) is 4.25. The van der Waals surface area contributed by atoms with E-state index in [0.717, 1.165) is 5.92 Å². The van der Waals surface area contributed by atoms with E-state index in [-0.39, 0.29) is 26.2 Å². The largest absolute Gasteiger partial charge is 0.0649 e. The molecule has 1 saturated carbocycles. The van der Waals surface area contributed by atoms with Crippen LogP contribution in [-0.2, 0) is 32.6 Å². The SMILES string of the molecule is Cc1cc(C)cc(-c2cccc3c2C=C(CC2CCCCC2)C3)c1.[Zr]. The molecule has 0 radical (unpaired) electrons. The zero-order chi connectivity index (χ0) is 16.5. The first-order valence-electron chi connectivity index (χ1n) is 9.59. The normalized spacial score (nSPS) is 17.0. The third-order valence-electron chi connectivity index (χ3n) is 5.77. The Balaban J connectivity index is 0.00000182. The van der Waals surface area contributed by atoms with Crippen molar-refractivity contribution in [3.05, 3.63) is 64.2 Å². The van der Waals surface area contributed by atoms with Crippen molar-refractivity contribution >= 4 is 6.08 Å². The Hall–Kier alpha value is -0.937. The van der Waals surface area contributed by atoms with E-state index in [4.69, 9.17) is 0 Å². The van der Waals surface area contributed by atoms with Gasteiger partial charge < -0.3 is 0 Å². The molecule has 0 bridgehead atoms. The van der Waals surface area contributed by atoms with Gasteiger partial charge in [0.25, 0.3) is 0 Å². The Bertz CT molecular complexity index is 758. The number of hydrogen-bond acceptors (Lipinski definition) is 0. The number of hydrogen-bond donors (Lipinski definition) is 0. The Morgan fingerprint density at radius 3 is 2.36 bits per heavy atom. The van der Waals surface area contributed by atoms with E-state index in [1.807, 2.05) is 0 Å². The fourth-order valence-electron chi connectivity index (χ4n) is 4.71. The van der Waals surface area contributed by atoms with Crippen LogP contribution < -0.4 is 0 Å². The van der Waals surface area contributed by atoms with Crippen LogP contribution in [0.5, 0.6) is 0 Å². The van der Waals surface area contributed by atoms with Crippen LogP contribution in [0.3, 0.4) is 0 Å². The minimum absolute atomic E-state index is 0. The van der Waals surface area contributed by atoms with Crippen LogP contribution in [0, 0.1) is 19.8 Å². The molecule has 2 aliphatic carbocycles. The van der Waals surface area contributed by atoms with Gasteiger partial charge in [-0.05, 0) is 54.9 Å². The first-order chi connectivity index (χ1) is 11.7. The van der Waals surface area contributed by atoms with Gasteiger partial charge in [-0.1, -0.05) is 91.3 Å². The van der Waals surface area contributed by atoms with Gasteiger partial charge in [0.15, 0.2) is 0 Å². The second-order valence-electron chi connectivity index (χ2n) is 7.94. The summed E-state index contributed by atoms with van der Waals surface area (Å²) < 4.78 is 0. The van der Waals surface area contributed by atoms with Crippen LogP contribution in [0.1, 0.15) is 60.8 Å². The van der Waals surface area contributed by atoms with Gasteiger partial charge in [0, 0.05) is 26.2 Å². The monoisotopic (exact) mass is 406 g/mol. The van der Waals surface area contributed by atoms with Crippen molar-refractivity contribution < 1.29 is 26.2 Å². The van der Waals surface area contributed by atoms with E-state index in [1.165, 1.54) is 78.3 Å². The Morgan fingerprint density at radius 2 is 1.64 bits per heavy atom. The predicted octanol–water partition coefficient (Wildman–Crippen LogP) is 6.88. The molecule has 25 heavy (non-hydrogen) atoms. The molecule has 1 heteroatoms. The molecule has 0 aromatic heterocycles. The van der Waals surface area contributed by atoms with Gasteiger partial charge in [-0.3, -0.25) is 0 Å². The van der Waals surface area contributed by atoms with Crippen molar-refractivity contribution in [2.45, 2.75) is 58.8 Å². The number of aryl methyl sites for hydroxylation is 2. The maximum atomic E-state index is 2.51. The zero-order valence-electron chi connectivity index (χ0n) is 15.6. The second-order valence-corrected chi connectivity index (χ2v) is 7.94. The van der Waals surface area contributed by atoms with Gasteiger partial charge in [0.05, 0.1) is 0 Å². The molecule has 2 aromatic rings. The Labute approximate surface area is 171 Å². The maximum Gasteiger partial charge on any atom is 0 e. The van der Waals surface area contributed by atoms with Crippen molar-refractivity contribution in [3.63, 3.8) is 0 Å². The van der Waals surface area contributed by atoms with Crippen LogP contribution in [0.25, 0.3) is 17.2 Å². The summed E-state index contributed by atoms with van der Waals surface area (Å²) >= 11 is 0. The number of fused-ring (bicyclic) bond motifs is 1. The molecule has 0 amide bonds. The molecule has 0 nitrogen and oxygen atoms in total. The van der Waals surface area contributed by atoms with E-state index < -0.39 is 0 Å².